The maximum atomic E-state index is 13.1. The first-order chi connectivity index (χ1) is 14.4. The van der Waals surface area contributed by atoms with Gasteiger partial charge in [-0.05, 0) is 62.9 Å². The van der Waals surface area contributed by atoms with Crippen molar-refractivity contribution in [1.82, 2.24) is 10.2 Å². The lowest BCUT2D eigenvalue weighted by Gasteiger charge is -2.28. The smallest absolute Gasteiger partial charge is 0.245 e. The molecule has 1 fully saturated rings. The van der Waals surface area contributed by atoms with Crippen molar-refractivity contribution in [2.24, 2.45) is 0 Å². The van der Waals surface area contributed by atoms with Gasteiger partial charge in [0.1, 0.15) is 11.8 Å². The lowest BCUT2D eigenvalue weighted by molar-refractivity contribution is -0.136. The molecule has 2 aromatic carbocycles. The lowest BCUT2D eigenvalue weighted by atomic mass is 9.99. The van der Waals surface area contributed by atoms with E-state index < -0.39 is 6.04 Å². The number of ether oxygens (including phenoxy) is 1. The summed E-state index contributed by atoms with van der Waals surface area (Å²) in [4.78, 5) is 27.3. The van der Waals surface area contributed by atoms with Crippen LogP contribution in [0, 0.1) is 13.8 Å². The highest BCUT2D eigenvalue weighted by molar-refractivity contribution is 5.95. The Bertz CT molecular complexity index is 914. The van der Waals surface area contributed by atoms with E-state index in [2.05, 4.69) is 37.4 Å². The highest BCUT2D eigenvalue weighted by Gasteiger charge is 2.32. The van der Waals surface area contributed by atoms with E-state index in [1.807, 2.05) is 29.2 Å². The second-order valence-electron chi connectivity index (χ2n) is 7.95. The first-order valence-electron chi connectivity index (χ1n) is 10.4. The van der Waals surface area contributed by atoms with Crippen LogP contribution >= 0.6 is 0 Å². The van der Waals surface area contributed by atoms with Crippen molar-refractivity contribution < 1.29 is 14.3 Å². The molecule has 5 heteroatoms. The molecule has 0 aromatic heterocycles. The second-order valence-corrected chi connectivity index (χ2v) is 7.95. The molecule has 1 N–H and O–H groups in total. The van der Waals surface area contributed by atoms with Crippen LogP contribution in [0.25, 0.3) is 6.08 Å². The number of rotatable bonds is 6. The van der Waals surface area contributed by atoms with Crippen molar-refractivity contribution >= 4 is 17.9 Å². The predicted octanol–water partition coefficient (Wildman–Crippen LogP) is 4.19. The number of carbonyl (C=O) groups is 2. The molecule has 0 spiro atoms. The molecule has 3 rings (SSSR count). The van der Waals surface area contributed by atoms with Crippen molar-refractivity contribution in [2.45, 2.75) is 45.7 Å². The van der Waals surface area contributed by atoms with Gasteiger partial charge in [-0.3, -0.25) is 9.59 Å². The molecule has 1 aliphatic heterocycles. The summed E-state index contributed by atoms with van der Waals surface area (Å²) < 4.78 is 5.13. The largest absolute Gasteiger partial charge is 0.497 e. The van der Waals surface area contributed by atoms with E-state index in [1.54, 1.807) is 20.1 Å². The fourth-order valence-corrected chi connectivity index (χ4v) is 4.04. The maximum Gasteiger partial charge on any atom is 0.245 e. The normalized spacial score (nSPS) is 17.2. The van der Waals surface area contributed by atoms with Crippen LogP contribution in [0.4, 0.5) is 0 Å². The second kappa shape index (κ2) is 9.61. The zero-order valence-corrected chi connectivity index (χ0v) is 18.1. The van der Waals surface area contributed by atoms with Gasteiger partial charge in [0.2, 0.25) is 11.8 Å². The Labute approximate surface area is 178 Å². The van der Waals surface area contributed by atoms with Gasteiger partial charge in [-0.25, -0.2) is 0 Å². The molecule has 0 radical (unpaired) electrons. The molecule has 2 aromatic rings. The number of methoxy groups -OCH3 is 1. The van der Waals surface area contributed by atoms with E-state index in [0.29, 0.717) is 0 Å². The molecular formula is C25H30N2O3. The van der Waals surface area contributed by atoms with Crippen LogP contribution in [-0.4, -0.2) is 36.4 Å². The van der Waals surface area contributed by atoms with Gasteiger partial charge in [0.05, 0.1) is 13.2 Å². The Balaban J connectivity index is 1.62. The minimum atomic E-state index is -0.579. The van der Waals surface area contributed by atoms with Crippen LogP contribution in [0.2, 0.25) is 0 Å². The third-order valence-electron chi connectivity index (χ3n) is 5.44. The van der Waals surface area contributed by atoms with Crippen molar-refractivity contribution in [2.75, 3.05) is 13.7 Å². The fourth-order valence-electron chi connectivity index (χ4n) is 4.04. The van der Waals surface area contributed by atoms with Crippen LogP contribution in [0.3, 0.4) is 0 Å². The SMILES string of the molecule is COc1ccc(/C=C/C(=O)NC(C)C(=O)N2CCCC2c2cc(C)cc(C)c2)cc1. The minimum absolute atomic E-state index is 0.0390. The predicted molar refractivity (Wildman–Crippen MR) is 119 cm³/mol. The Morgan fingerprint density at radius 2 is 1.80 bits per heavy atom. The van der Waals surface area contributed by atoms with Crippen LogP contribution in [0.15, 0.2) is 48.5 Å². The molecular weight excluding hydrogens is 376 g/mol. The van der Waals surface area contributed by atoms with Gasteiger partial charge in [0, 0.05) is 12.6 Å². The number of hydrogen-bond donors (Lipinski definition) is 1. The van der Waals surface area contributed by atoms with E-state index in [9.17, 15) is 9.59 Å². The molecule has 158 valence electrons. The van der Waals surface area contributed by atoms with Gasteiger partial charge < -0.3 is 15.0 Å². The van der Waals surface area contributed by atoms with Gasteiger partial charge in [-0.1, -0.05) is 41.5 Å². The first kappa shape index (κ1) is 21.6. The summed E-state index contributed by atoms with van der Waals surface area (Å²) in [7, 11) is 1.61. The number of nitrogens with zero attached hydrogens (tertiary/aromatic N) is 1. The molecule has 0 aliphatic carbocycles. The standard InChI is InChI=1S/C25H30N2O3/c1-17-14-18(2)16-21(15-17)23-6-5-13-27(23)25(29)19(3)26-24(28)12-9-20-7-10-22(30-4)11-8-20/h7-12,14-16,19,23H,5-6,13H2,1-4H3,(H,26,28)/b12-9+. The molecule has 2 unspecified atom stereocenters. The average Bonchev–Trinajstić information content (AvgIpc) is 3.21. The highest BCUT2D eigenvalue weighted by atomic mass is 16.5. The highest BCUT2D eigenvalue weighted by Crippen LogP contribution is 2.33. The maximum absolute atomic E-state index is 13.1. The van der Waals surface area contributed by atoms with Crippen LogP contribution in [0.5, 0.6) is 5.75 Å². The monoisotopic (exact) mass is 406 g/mol. The molecule has 1 saturated heterocycles. The van der Waals surface area contributed by atoms with E-state index in [0.717, 1.165) is 30.7 Å². The van der Waals surface area contributed by atoms with Gasteiger partial charge >= 0.3 is 0 Å². The summed E-state index contributed by atoms with van der Waals surface area (Å²) in [5, 5.41) is 2.80. The molecule has 1 heterocycles. The van der Waals surface area contributed by atoms with Crippen molar-refractivity contribution in [1.29, 1.82) is 0 Å². The topological polar surface area (TPSA) is 58.6 Å². The number of aryl methyl sites for hydroxylation is 2. The fraction of sp³-hybridized carbons (Fsp3) is 0.360. The number of hydrogen-bond acceptors (Lipinski definition) is 3. The van der Waals surface area contributed by atoms with Crippen molar-refractivity contribution in [3.05, 3.63) is 70.8 Å². The summed E-state index contributed by atoms with van der Waals surface area (Å²) in [6, 6.07) is 13.4. The molecule has 2 amide bonds. The molecule has 2 atom stereocenters. The van der Waals surface area contributed by atoms with Gasteiger partial charge in [-0.2, -0.15) is 0 Å². The quantitative estimate of drug-likeness (QED) is 0.732. The number of benzene rings is 2. The number of amides is 2. The van der Waals surface area contributed by atoms with E-state index in [1.165, 1.54) is 22.8 Å². The van der Waals surface area contributed by atoms with Crippen LogP contribution in [0.1, 0.15) is 48.1 Å². The summed E-state index contributed by atoms with van der Waals surface area (Å²) in [6.45, 7) is 6.63. The van der Waals surface area contributed by atoms with E-state index in [-0.39, 0.29) is 17.9 Å². The molecule has 0 saturated carbocycles. The summed E-state index contributed by atoms with van der Waals surface area (Å²) >= 11 is 0. The third-order valence-corrected chi connectivity index (χ3v) is 5.44. The van der Waals surface area contributed by atoms with Crippen LogP contribution in [-0.2, 0) is 9.59 Å². The van der Waals surface area contributed by atoms with E-state index in [4.69, 9.17) is 4.74 Å². The Morgan fingerprint density at radius 3 is 2.43 bits per heavy atom. The molecule has 30 heavy (non-hydrogen) atoms. The lowest BCUT2D eigenvalue weighted by Crippen LogP contribution is -2.46. The zero-order chi connectivity index (χ0) is 21.7. The van der Waals surface area contributed by atoms with Gasteiger partial charge in [0.15, 0.2) is 0 Å². The zero-order valence-electron chi connectivity index (χ0n) is 18.1. The Morgan fingerprint density at radius 1 is 1.13 bits per heavy atom. The van der Waals surface area contributed by atoms with E-state index >= 15 is 0 Å². The first-order valence-corrected chi connectivity index (χ1v) is 10.4. The number of nitrogens with one attached hydrogen (secondary N) is 1. The molecule has 1 aliphatic rings. The minimum Gasteiger partial charge on any atom is -0.497 e. The van der Waals surface area contributed by atoms with Gasteiger partial charge in [0.25, 0.3) is 0 Å². The number of likely N-dealkylation sites (tertiary alicyclic amines) is 1. The Kier molecular flexibility index (Phi) is 6.93. The summed E-state index contributed by atoms with van der Waals surface area (Å²) in [5.74, 6) is 0.441. The van der Waals surface area contributed by atoms with Crippen molar-refractivity contribution in [3.63, 3.8) is 0 Å². The molecule has 5 nitrogen and oxygen atoms in total. The van der Waals surface area contributed by atoms with Crippen LogP contribution < -0.4 is 10.1 Å². The molecule has 0 bridgehead atoms. The van der Waals surface area contributed by atoms with Crippen molar-refractivity contribution in [3.8, 4) is 5.75 Å². The summed E-state index contributed by atoms with van der Waals surface area (Å²) in [6.07, 6.45) is 5.10. The number of carbonyl (C=O) groups excluding carboxylic acids is 2. The van der Waals surface area contributed by atoms with Gasteiger partial charge in [-0.15, -0.1) is 0 Å². The summed E-state index contributed by atoms with van der Waals surface area (Å²) in [5.41, 5.74) is 4.47. The Hall–Kier alpha value is -3.08. The third kappa shape index (κ3) is 5.29. The average molecular weight is 407 g/mol.